The molecule has 3 nitrogen and oxygen atoms in total. The molecule has 0 aliphatic heterocycles. The van der Waals surface area contributed by atoms with Crippen LogP contribution in [-0.4, -0.2) is 6.61 Å². The van der Waals surface area contributed by atoms with Crippen LogP contribution in [0.25, 0.3) is 10.8 Å². The van der Waals surface area contributed by atoms with Crippen molar-refractivity contribution >= 4 is 32.4 Å². The third kappa shape index (κ3) is 5.20. The first-order valence-electron chi connectivity index (χ1n) is 10.5. The van der Waals surface area contributed by atoms with Crippen LogP contribution in [0.2, 0.25) is 0 Å². The summed E-state index contributed by atoms with van der Waals surface area (Å²) in [5.41, 5.74) is 4.59. The van der Waals surface area contributed by atoms with Crippen LogP contribution in [-0.2, 0) is 13.2 Å². The van der Waals surface area contributed by atoms with Crippen LogP contribution >= 0.6 is 15.9 Å². The number of nitrogens with one attached hydrogen (secondary N) is 1. The van der Waals surface area contributed by atoms with Crippen LogP contribution in [0.1, 0.15) is 23.6 Å². The molecule has 4 aromatic carbocycles. The van der Waals surface area contributed by atoms with Crippen molar-refractivity contribution in [3.8, 4) is 11.5 Å². The average Bonchev–Trinajstić information content (AvgIpc) is 2.78. The molecule has 0 amide bonds. The SMILES string of the molecule is CCOc1cc(CNc2cccc3ccccc23)c(Br)cc1OCc1cccc(C)c1. The molecule has 0 aromatic heterocycles. The van der Waals surface area contributed by atoms with Crippen molar-refractivity contribution in [1.82, 2.24) is 0 Å². The summed E-state index contributed by atoms with van der Waals surface area (Å²) in [6, 6.07) is 27.1. The van der Waals surface area contributed by atoms with Crippen molar-refractivity contribution in [2.45, 2.75) is 27.0 Å². The van der Waals surface area contributed by atoms with Gasteiger partial charge >= 0.3 is 0 Å². The van der Waals surface area contributed by atoms with Crippen LogP contribution in [0.4, 0.5) is 5.69 Å². The fourth-order valence-corrected chi connectivity index (χ4v) is 4.09. The lowest BCUT2D eigenvalue weighted by molar-refractivity contribution is 0.269. The summed E-state index contributed by atoms with van der Waals surface area (Å²) in [5, 5.41) is 6.01. The van der Waals surface area contributed by atoms with Crippen molar-refractivity contribution in [2.24, 2.45) is 0 Å². The van der Waals surface area contributed by atoms with E-state index in [1.165, 1.54) is 16.3 Å². The van der Waals surface area contributed by atoms with E-state index in [1.54, 1.807) is 0 Å². The minimum Gasteiger partial charge on any atom is -0.490 e. The Bertz CT molecular complexity index is 1180. The van der Waals surface area contributed by atoms with Gasteiger partial charge in [-0.05, 0) is 48.6 Å². The third-order valence-electron chi connectivity index (χ3n) is 5.15. The van der Waals surface area contributed by atoms with E-state index in [0.717, 1.165) is 32.8 Å². The molecule has 0 heterocycles. The summed E-state index contributed by atoms with van der Waals surface area (Å²) in [6.07, 6.45) is 0. The van der Waals surface area contributed by atoms with Crippen molar-refractivity contribution in [3.05, 3.63) is 100 Å². The van der Waals surface area contributed by atoms with Crippen LogP contribution in [0.5, 0.6) is 11.5 Å². The Morgan fingerprint density at radius 1 is 0.839 bits per heavy atom. The highest BCUT2D eigenvalue weighted by molar-refractivity contribution is 9.10. The molecule has 0 fully saturated rings. The zero-order valence-electron chi connectivity index (χ0n) is 17.8. The van der Waals surface area contributed by atoms with Gasteiger partial charge in [0.05, 0.1) is 6.61 Å². The summed E-state index contributed by atoms with van der Waals surface area (Å²) < 4.78 is 13.0. The molecular weight excluding hydrogens is 450 g/mol. The van der Waals surface area contributed by atoms with Crippen molar-refractivity contribution in [1.29, 1.82) is 0 Å². The molecular formula is C27H26BrNO2. The Balaban J connectivity index is 1.53. The number of halogens is 1. The van der Waals surface area contributed by atoms with Gasteiger partial charge < -0.3 is 14.8 Å². The van der Waals surface area contributed by atoms with E-state index in [-0.39, 0.29) is 0 Å². The maximum absolute atomic E-state index is 6.11. The average molecular weight is 476 g/mol. The fraction of sp³-hybridized carbons (Fsp3) is 0.185. The molecule has 4 heteroatoms. The van der Waals surface area contributed by atoms with Crippen molar-refractivity contribution in [3.63, 3.8) is 0 Å². The normalized spacial score (nSPS) is 10.8. The summed E-state index contributed by atoms with van der Waals surface area (Å²) in [7, 11) is 0. The van der Waals surface area contributed by atoms with Gasteiger partial charge in [-0.1, -0.05) is 82.2 Å². The first kappa shape index (κ1) is 21.3. The number of hydrogen-bond donors (Lipinski definition) is 1. The van der Waals surface area contributed by atoms with Crippen LogP contribution < -0.4 is 14.8 Å². The lowest BCUT2D eigenvalue weighted by Crippen LogP contribution is -2.04. The van der Waals surface area contributed by atoms with E-state index in [1.807, 2.05) is 13.0 Å². The number of aryl methyl sites for hydroxylation is 1. The van der Waals surface area contributed by atoms with Crippen LogP contribution in [0.15, 0.2) is 83.3 Å². The topological polar surface area (TPSA) is 30.5 Å². The Morgan fingerprint density at radius 3 is 2.45 bits per heavy atom. The highest BCUT2D eigenvalue weighted by atomic mass is 79.9. The van der Waals surface area contributed by atoms with Gasteiger partial charge in [0.25, 0.3) is 0 Å². The summed E-state index contributed by atoms with van der Waals surface area (Å²) in [6.45, 7) is 5.83. The molecule has 4 rings (SSSR count). The Kier molecular flexibility index (Phi) is 6.78. The lowest BCUT2D eigenvalue weighted by Gasteiger charge is -2.16. The van der Waals surface area contributed by atoms with Gasteiger partial charge in [0.2, 0.25) is 0 Å². The largest absolute Gasteiger partial charge is 0.490 e. The maximum atomic E-state index is 6.11. The second-order valence-electron chi connectivity index (χ2n) is 7.48. The van der Waals surface area contributed by atoms with E-state index >= 15 is 0 Å². The number of fused-ring (bicyclic) bond motifs is 1. The second-order valence-corrected chi connectivity index (χ2v) is 8.34. The molecule has 0 saturated carbocycles. The van der Waals surface area contributed by atoms with Gasteiger partial charge in [0.1, 0.15) is 6.61 Å². The number of hydrogen-bond acceptors (Lipinski definition) is 3. The van der Waals surface area contributed by atoms with Gasteiger partial charge in [0.15, 0.2) is 11.5 Å². The molecule has 0 bridgehead atoms. The molecule has 0 aliphatic rings. The van der Waals surface area contributed by atoms with Crippen LogP contribution in [0, 0.1) is 6.92 Å². The standard InChI is InChI=1S/C27H26BrNO2/c1-3-30-26-15-22(17-29-25-13-7-11-21-10-4-5-12-23(21)25)24(28)16-27(26)31-18-20-9-6-8-19(2)14-20/h4-16,29H,3,17-18H2,1-2H3. The second kappa shape index (κ2) is 9.88. The van der Waals surface area contributed by atoms with E-state index in [9.17, 15) is 0 Å². The Labute approximate surface area is 192 Å². The summed E-state index contributed by atoms with van der Waals surface area (Å²) in [5.74, 6) is 1.50. The van der Waals surface area contributed by atoms with E-state index in [0.29, 0.717) is 19.8 Å². The number of ether oxygens (including phenoxy) is 2. The van der Waals surface area contributed by atoms with Crippen molar-refractivity contribution < 1.29 is 9.47 Å². The molecule has 0 aliphatic carbocycles. The van der Waals surface area contributed by atoms with E-state index < -0.39 is 0 Å². The molecule has 158 valence electrons. The zero-order valence-corrected chi connectivity index (χ0v) is 19.4. The summed E-state index contributed by atoms with van der Waals surface area (Å²) >= 11 is 3.72. The lowest BCUT2D eigenvalue weighted by atomic mass is 10.1. The van der Waals surface area contributed by atoms with Crippen LogP contribution in [0.3, 0.4) is 0 Å². The predicted molar refractivity (Wildman–Crippen MR) is 132 cm³/mol. The van der Waals surface area contributed by atoms with Crippen molar-refractivity contribution in [2.75, 3.05) is 11.9 Å². The van der Waals surface area contributed by atoms with Gasteiger partial charge in [0, 0.05) is 22.1 Å². The highest BCUT2D eigenvalue weighted by Gasteiger charge is 2.12. The number of rotatable bonds is 8. The quantitative estimate of drug-likeness (QED) is 0.286. The Hall–Kier alpha value is -2.98. The Morgan fingerprint density at radius 2 is 1.61 bits per heavy atom. The number of benzene rings is 4. The highest BCUT2D eigenvalue weighted by Crippen LogP contribution is 2.35. The minimum absolute atomic E-state index is 0.502. The zero-order chi connectivity index (χ0) is 21.6. The number of anilines is 1. The first-order valence-corrected chi connectivity index (χ1v) is 11.3. The molecule has 0 radical (unpaired) electrons. The van der Waals surface area contributed by atoms with Gasteiger partial charge in [-0.25, -0.2) is 0 Å². The molecule has 31 heavy (non-hydrogen) atoms. The van der Waals surface area contributed by atoms with Gasteiger partial charge in [-0.3, -0.25) is 0 Å². The van der Waals surface area contributed by atoms with E-state index in [2.05, 4.69) is 101 Å². The summed E-state index contributed by atoms with van der Waals surface area (Å²) in [4.78, 5) is 0. The van der Waals surface area contributed by atoms with Gasteiger partial charge in [-0.15, -0.1) is 0 Å². The molecule has 1 N–H and O–H groups in total. The fourth-order valence-electron chi connectivity index (χ4n) is 3.63. The predicted octanol–water partition coefficient (Wildman–Crippen LogP) is 7.50. The molecule has 0 spiro atoms. The molecule has 4 aromatic rings. The minimum atomic E-state index is 0.502. The molecule has 0 unspecified atom stereocenters. The third-order valence-corrected chi connectivity index (χ3v) is 5.89. The first-order chi connectivity index (χ1) is 15.1. The molecule has 0 saturated heterocycles. The van der Waals surface area contributed by atoms with Gasteiger partial charge in [-0.2, -0.15) is 0 Å². The van der Waals surface area contributed by atoms with E-state index in [4.69, 9.17) is 9.47 Å². The smallest absolute Gasteiger partial charge is 0.162 e. The maximum Gasteiger partial charge on any atom is 0.162 e. The monoisotopic (exact) mass is 475 g/mol. The molecule has 0 atom stereocenters.